The Labute approximate surface area is 246 Å². The third kappa shape index (κ3) is 5.47. The Morgan fingerprint density at radius 1 is 1.05 bits per heavy atom. The van der Waals surface area contributed by atoms with Crippen LogP contribution in [0.25, 0.3) is 11.3 Å². The number of hydrogen-bond donors (Lipinski definition) is 1. The average Bonchev–Trinajstić information content (AvgIpc) is 3.43. The molecule has 0 saturated heterocycles. The van der Waals surface area contributed by atoms with Crippen molar-refractivity contribution in [3.63, 3.8) is 0 Å². The van der Waals surface area contributed by atoms with Crippen LogP contribution in [0.2, 0.25) is 0 Å². The average molecular weight is 630 g/mol. The molecule has 8 nitrogen and oxygen atoms in total. The van der Waals surface area contributed by atoms with Crippen molar-refractivity contribution in [3.8, 4) is 22.8 Å². The summed E-state index contributed by atoms with van der Waals surface area (Å²) >= 11 is 4.92. The summed E-state index contributed by atoms with van der Waals surface area (Å²) in [5.41, 5.74) is 2.35. The molecule has 0 spiro atoms. The molecule has 2 heterocycles. The summed E-state index contributed by atoms with van der Waals surface area (Å²) < 4.78 is 22.9. The molecule has 2 aromatic carbocycles. The van der Waals surface area contributed by atoms with Gasteiger partial charge in [0.2, 0.25) is 0 Å². The van der Waals surface area contributed by atoms with E-state index < -0.39 is 29.3 Å². The number of rotatable bonds is 9. The summed E-state index contributed by atoms with van der Waals surface area (Å²) in [6.45, 7) is 7.71. The molecule has 1 aromatic heterocycles. The Morgan fingerprint density at radius 2 is 1.73 bits per heavy atom. The number of benzene rings is 2. The molecule has 0 bridgehead atoms. The van der Waals surface area contributed by atoms with Crippen molar-refractivity contribution in [2.24, 2.45) is 5.92 Å². The van der Waals surface area contributed by atoms with Crippen LogP contribution in [0, 0.1) is 5.92 Å². The second-order valence-corrected chi connectivity index (χ2v) is 11.2. The van der Waals surface area contributed by atoms with E-state index >= 15 is 0 Å². The lowest BCUT2D eigenvalue weighted by Gasteiger charge is -2.46. The number of carbonyl (C=O) groups is 2. The quantitative estimate of drug-likeness (QED) is 0.280. The van der Waals surface area contributed by atoms with E-state index in [0.29, 0.717) is 33.5 Å². The smallest absolute Gasteiger partial charge is 0.336 e. The fraction of sp³-hybridized carbons (Fsp3) is 0.367. The molecule has 40 heavy (non-hydrogen) atoms. The van der Waals surface area contributed by atoms with Crippen LogP contribution >= 0.6 is 27.3 Å². The Bertz CT molecular complexity index is 1420. The molecule has 3 atom stereocenters. The van der Waals surface area contributed by atoms with E-state index in [-0.39, 0.29) is 13.2 Å². The highest BCUT2D eigenvalue weighted by Gasteiger charge is 2.54. The number of esters is 2. The molecule has 212 valence electrons. The van der Waals surface area contributed by atoms with Gasteiger partial charge in [0.05, 0.1) is 60.5 Å². The largest absolute Gasteiger partial charge is 0.496 e. The molecule has 10 heteroatoms. The van der Waals surface area contributed by atoms with Gasteiger partial charge in [-0.3, -0.25) is 4.79 Å². The van der Waals surface area contributed by atoms with Gasteiger partial charge in [-0.2, -0.15) is 0 Å². The minimum Gasteiger partial charge on any atom is -0.496 e. The standard InChI is InChI=1S/C30H33BrN2O6S/c1-7-38-28(34)24-17(3)33-30(4,18-12-10-9-11-13-18)26(29(35)39-8-2)25(24)27-32-21(16-40-27)19-14-20(31)23(37-6)15-22(19)36-5/h9-16,25-26,33H,7-8H2,1-6H3. The number of nitrogens with one attached hydrogen (secondary N) is 1. The maximum Gasteiger partial charge on any atom is 0.336 e. The number of methoxy groups -OCH3 is 2. The molecule has 0 saturated carbocycles. The molecule has 1 N–H and O–H groups in total. The number of carbonyl (C=O) groups excluding carboxylic acids is 2. The predicted molar refractivity (Wildman–Crippen MR) is 157 cm³/mol. The Balaban J connectivity index is 1.94. The number of ether oxygens (including phenoxy) is 4. The SMILES string of the molecule is CCOC(=O)C1=C(C)NC(C)(c2ccccc2)C(C(=O)OCC)C1c1nc(-c2cc(Br)c(OC)cc2OC)cs1. The van der Waals surface area contributed by atoms with Gasteiger partial charge in [0.15, 0.2) is 0 Å². The molecule has 1 aliphatic heterocycles. The van der Waals surface area contributed by atoms with Gasteiger partial charge in [-0.15, -0.1) is 11.3 Å². The molecule has 1 aliphatic rings. The van der Waals surface area contributed by atoms with E-state index in [1.807, 2.05) is 55.6 Å². The van der Waals surface area contributed by atoms with Gasteiger partial charge in [-0.1, -0.05) is 30.3 Å². The normalized spacial score (nSPS) is 20.5. The van der Waals surface area contributed by atoms with Gasteiger partial charge >= 0.3 is 11.9 Å². The van der Waals surface area contributed by atoms with E-state index in [9.17, 15) is 9.59 Å². The predicted octanol–water partition coefficient (Wildman–Crippen LogP) is 6.21. The summed E-state index contributed by atoms with van der Waals surface area (Å²) in [7, 11) is 3.17. The summed E-state index contributed by atoms with van der Waals surface area (Å²) in [6, 6.07) is 13.4. The number of thiazole rings is 1. The highest BCUT2D eigenvalue weighted by Crippen LogP contribution is 2.50. The minimum absolute atomic E-state index is 0.197. The Hall–Kier alpha value is -3.37. The Kier molecular flexibility index (Phi) is 9.20. The van der Waals surface area contributed by atoms with E-state index in [1.54, 1.807) is 34.1 Å². The number of hydrogen-bond acceptors (Lipinski definition) is 9. The highest BCUT2D eigenvalue weighted by atomic mass is 79.9. The first-order chi connectivity index (χ1) is 19.2. The maximum absolute atomic E-state index is 13.8. The molecule has 0 amide bonds. The molecule has 0 fully saturated rings. The van der Waals surface area contributed by atoms with Crippen molar-refractivity contribution in [1.82, 2.24) is 10.3 Å². The zero-order chi connectivity index (χ0) is 29.0. The minimum atomic E-state index is -0.898. The van der Waals surface area contributed by atoms with Crippen molar-refractivity contribution >= 4 is 39.2 Å². The van der Waals surface area contributed by atoms with Crippen molar-refractivity contribution in [2.75, 3.05) is 27.4 Å². The van der Waals surface area contributed by atoms with Gasteiger partial charge in [-0.05, 0) is 55.3 Å². The maximum atomic E-state index is 13.8. The lowest BCUT2D eigenvalue weighted by atomic mass is 9.67. The lowest BCUT2D eigenvalue weighted by molar-refractivity contribution is -0.152. The number of aromatic nitrogens is 1. The van der Waals surface area contributed by atoms with E-state index in [2.05, 4.69) is 21.2 Å². The third-order valence-electron chi connectivity index (χ3n) is 7.06. The first-order valence-electron chi connectivity index (χ1n) is 13.0. The van der Waals surface area contributed by atoms with Crippen LogP contribution in [0.5, 0.6) is 11.5 Å². The van der Waals surface area contributed by atoms with E-state index in [4.69, 9.17) is 23.9 Å². The van der Waals surface area contributed by atoms with Crippen LogP contribution in [0.4, 0.5) is 0 Å². The van der Waals surface area contributed by atoms with Gasteiger partial charge < -0.3 is 24.3 Å². The fourth-order valence-electron chi connectivity index (χ4n) is 5.28. The van der Waals surface area contributed by atoms with Crippen LogP contribution in [-0.4, -0.2) is 44.4 Å². The first-order valence-corrected chi connectivity index (χ1v) is 14.6. The van der Waals surface area contributed by atoms with Gasteiger partial charge in [0.25, 0.3) is 0 Å². The molecule has 0 aliphatic carbocycles. The van der Waals surface area contributed by atoms with Crippen molar-refractivity contribution in [1.29, 1.82) is 0 Å². The highest BCUT2D eigenvalue weighted by molar-refractivity contribution is 9.10. The van der Waals surface area contributed by atoms with Crippen LogP contribution in [-0.2, 0) is 24.6 Å². The molecule has 3 unspecified atom stereocenters. The topological polar surface area (TPSA) is 96.0 Å². The number of halogens is 1. The molecule has 3 aromatic rings. The van der Waals surface area contributed by atoms with Gasteiger partial charge in [0, 0.05) is 22.7 Å². The van der Waals surface area contributed by atoms with Crippen molar-refractivity contribution in [3.05, 3.63) is 74.2 Å². The molecule has 4 rings (SSSR count). The zero-order valence-corrected chi connectivity index (χ0v) is 25.8. The van der Waals surface area contributed by atoms with Crippen LogP contribution in [0.3, 0.4) is 0 Å². The van der Waals surface area contributed by atoms with E-state index in [1.165, 1.54) is 11.3 Å². The lowest BCUT2D eigenvalue weighted by Crippen LogP contribution is -2.55. The summed E-state index contributed by atoms with van der Waals surface area (Å²) in [5.74, 6) is -1.27. The third-order valence-corrected chi connectivity index (χ3v) is 8.61. The first kappa shape index (κ1) is 29.6. The summed E-state index contributed by atoms with van der Waals surface area (Å²) in [5, 5.41) is 5.97. The molecule has 0 radical (unpaired) electrons. The Morgan fingerprint density at radius 3 is 2.35 bits per heavy atom. The van der Waals surface area contributed by atoms with Crippen molar-refractivity contribution < 1.29 is 28.5 Å². The number of nitrogens with zero attached hydrogens (tertiary/aromatic N) is 1. The van der Waals surface area contributed by atoms with Crippen molar-refractivity contribution in [2.45, 2.75) is 39.2 Å². The number of allylic oxidation sites excluding steroid dienone is 1. The summed E-state index contributed by atoms with van der Waals surface area (Å²) in [6.07, 6.45) is 0. The molecular formula is C30H33BrN2O6S. The van der Waals surface area contributed by atoms with Crippen LogP contribution in [0.1, 0.15) is 44.2 Å². The zero-order valence-electron chi connectivity index (χ0n) is 23.4. The van der Waals surface area contributed by atoms with Crippen LogP contribution < -0.4 is 14.8 Å². The van der Waals surface area contributed by atoms with Gasteiger partial charge in [-0.25, -0.2) is 9.78 Å². The van der Waals surface area contributed by atoms with E-state index in [0.717, 1.165) is 15.6 Å². The fourth-order valence-corrected chi connectivity index (χ4v) is 6.75. The monoisotopic (exact) mass is 628 g/mol. The van der Waals surface area contributed by atoms with Crippen LogP contribution in [0.15, 0.2) is 63.6 Å². The summed E-state index contributed by atoms with van der Waals surface area (Å²) in [4.78, 5) is 32.2. The second-order valence-electron chi connectivity index (χ2n) is 9.42. The second kappa shape index (κ2) is 12.4. The van der Waals surface area contributed by atoms with Gasteiger partial charge in [0.1, 0.15) is 16.5 Å². The molecular weight excluding hydrogens is 596 g/mol.